The Morgan fingerprint density at radius 2 is 1.91 bits per heavy atom. The van der Waals surface area contributed by atoms with Gasteiger partial charge in [0.1, 0.15) is 20.8 Å². The smallest absolute Gasteiger partial charge is 0.292 e. The molecule has 0 saturated heterocycles. The van der Waals surface area contributed by atoms with Crippen LogP contribution in [0, 0.1) is 6.92 Å². The van der Waals surface area contributed by atoms with Gasteiger partial charge in [0.15, 0.2) is 0 Å². The summed E-state index contributed by atoms with van der Waals surface area (Å²) in [5, 5.41) is 9.16. The summed E-state index contributed by atoms with van der Waals surface area (Å²) >= 11 is 1.35. The molecule has 114 valence electrons. The van der Waals surface area contributed by atoms with Crippen molar-refractivity contribution in [1.29, 1.82) is 0 Å². The van der Waals surface area contributed by atoms with E-state index in [-0.39, 0.29) is 5.56 Å². The maximum atomic E-state index is 12.7. The molecule has 4 rings (SSSR count). The second kappa shape index (κ2) is 5.13. The first-order valence-electron chi connectivity index (χ1n) is 6.97. The molecule has 3 aromatic heterocycles. The molecular formula is C16H12N4O2S. The maximum absolute atomic E-state index is 12.7. The molecule has 0 atom stereocenters. The summed E-state index contributed by atoms with van der Waals surface area (Å²) in [6, 6.07) is 11.0. The topological polar surface area (TPSA) is 69.9 Å². The molecule has 0 amide bonds. The van der Waals surface area contributed by atoms with E-state index in [1.54, 1.807) is 31.4 Å². The summed E-state index contributed by atoms with van der Waals surface area (Å²) in [7, 11) is 1.60. The second-order valence-electron chi connectivity index (χ2n) is 5.09. The Morgan fingerprint density at radius 1 is 1.13 bits per heavy atom. The van der Waals surface area contributed by atoms with E-state index in [0.717, 1.165) is 21.7 Å². The summed E-state index contributed by atoms with van der Waals surface area (Å²) in [4.78, 5) is 18.0. The third-order valence-corrected chi connectivity index (χ3v) is 4.68. The van der Waals surface area contributed by atoms with E-state index < -0.39 is 0 Å². The zero-order valence-electron chi connectivity index (χ0n) is 12.5. The number of benzene rings is 1. The van der Waals surface area contributed by atoms with Crippen LogP contribution in [0.5, 0.6) is 5.75 Å². The molecule has 1 aromatic carbocycles. The molecule has 0 saturated carbocycles. The zero-order chi connectivity index (χ0) is 16.0. The molecule has 0 unspecified atom stereocenters. The average Bonchev–Trinajstić information content (AvgIpc) is 2.94. The van der Waals surface area contributed by atoms with Gasteiger partial charge in [-0.2, -0.15) is 4.68 Å². The lowest BCUT2D eigenvalue weighted by molar-refractivity contribution is 0.414. The highest BCUT2D eigenvalue weighted by Gasteiger charge is 2.14. The largest absolute Gasteiger partial charge is 0.497 e. The van der Waals surface area contributed by atoms with Crippen molar-refractivity contribution in [3.8, 4) is 11.4 Å². The molecule has 4 aromatic rings. The lowest BCUT2D eigenvalue weighted by Gasteiger charge is -2.04. The lowest BCUT2D eigenvalue weighted by atomic mass is 10.3. The van der Waals surface area contributed by atoms with Gasteiger partial charge in [-0.1, -0.05) is 5.21 Å². The minimum atomic E-state index is -0.194. The number of hydrogen-bond acceptors (Lipinski definition) is 6. The van der Waals surface area contributed by atoms with Gasteiger partial charge < -0.3 is 4.74 Å². The third kappa shape index (κ3) is 2.17. The molecule has 0 aliphatic heterocycles. The Kier molecular flexibility index (Phi) is 3.09. The van der Waals surface area contributed by atoms with Crippen molar-refractivity contribution in [2.45, 2.75) is 6.92 Å². The summed E-state index contributed by atoms with van der Waals surface area (Å²) in [6.45, 7) is 1.92. The molecule has 0 fully saturated rings. The van der Waals surface area contributed by atoms with Crippen molar-refractivity contribution >= 4 is 31.8 Å². The van der Waals surface area contributed by atoms with Crippen LogP contribution < -0.4 is 10.3 Å². The van der Waals surface area contributed by atoms with Crippen molar-refractivity contribution in [1.82, 2.24) is 20.0 Å². The van der Waals surface area contributed by atoms with Crippen LogP contribution in [-0.2, 0) is 0 Å². The highest BCUT2D eigenvalue weighted by atomic mass is 32.1. The summed E-state index contributed by atoms with van der Waals surface area (Å²) < 4.78 is 6.98. The predicted octanol–water partition coefficient (Wildman–Crippen LogP) is 2.71. The third-order valence-electron chi connectivity index (χ3n) is 3.61. The number of nitrogens with zero attached hydrogens (tertiary/aromatic N) is 4. The number of methoxy groups -OCH3 is 1. The van der Waals surface area contributed by atoms with Crippen LogP contribution in [0.4, 0.5) is 0 Å². The molecule has 0 aliphatic rings. The monoisotopic (exact) mass is 324 g/mol. The highest BCUT2D eigenvalue weighted by molar-refractivity contribution is 7.25. The lowest BCUT2D eigenvalue weighted by Crippen LogP contribution is -2.21. The van der Waals surface area contributed by atoms with E-state index >= 15 is 0 Å². The second-order valence-corrected chi connectivity index (χ2v) is 6.09. The van der Waals surface area contributed by atoms with E-state index in [4.69, 9.17) is 4.74 Å². The Labute approximate surface area is 135 Å². The first-order valence-corrected chi connectivity index (χ1v) is 7.79. The molecule has 3 heterocycles. The summed E-state index contributed by atoms with van der Waals surface area (Å²) in [5.41, 5.74) is 1.97. The van der Waals surface area contributed by atoms with Gasteiger partial charge in [0, 0.05) is 11.1 Å². The Bertz CT molecular complexity index is 1080. The van der Waals surface area contributed by atoms with Crippen LogP contribution in [0.1, 0.15) is 5.69 Å². The zero-order valence-corrected chi connectivity index (χ0v) is 13.3. The van der Waals surface area contributed by atoms with Crippen molar-refractivity contribution in [3.05, 3.63) is 52.4 Å². The number of hydrogen-bond donors (Lipinski definition) is 0. The first kappa shape index (κ1) is 13.8. The molecule has 0 spiro atoms. The van der Waals surface area contributed by atoms with Crippen molar-refractivity contribution < 1.29 is 4.74 Å². The molecule has 0 N–H and O–H groups in total. The molecule has 0 radical (unpaired) electrons. The van der Waals surface area contributed by atoms with Gasteiger partial charge in [0.2, 0.25) is 0 Å². The van der Waals surface area contributed by atoms with Crippen molar-refractivity contribution in [3.63, 3.8) is 0 Å². The minimum Gasteiger partial charge on any atom is -0.497 e. The Hall–Kier alpha value is -2.80. The Balaban J connectivity index is 1.96. The fourth-order valence-corrected chi connectivity index (χ4v) is 3.50. The van der Waals surface area contributed by atoms with E-state index in [0.29, 0.717) is 15.9 Å². The molecule has 6 nitrogen and oxygen atoms in total. The van der Waals surface area contributed by atoms with Gasteiger partial charge in [-0.3, -0.25) is 4.79 Å². The number of aromatic nitrogens is 4. The number of fused-ring (bicyclic) bond motifs is 3. The number of thiophene rings is 1. The van der Waals surface area contributed by atoms with E-state index in [1.807, 2.05) is 19.1 Å². The highest BCUT2D eigenvalue weighted by Crippen LogP contribution is 2.28. The number of aryl methyl sites for hydroxylation is 1. The molecule has 0 bridgehead atoms. The SMILES string of the molecule is COc1ccc(-n2nnc3c(sc4nc(C)ccc43)c2=O)cc1. The molecule has 0 aliphatic carbocycles. The van der Waals surface area contributed by atoms with E-state index in [9.17, 15) is 4.79 Å². The standard InChI is InChI=1S/C16H12N4O2S/c1-9-3-8-12-13-14(23-15(12)17-9)16(21)20(19-18-13)10-4-6-11(22-2)7-5-10/h3-8H,1-2H3. The normalized spacial score (nSPS) is 11.2. The fourth-order valence-electron chi connectivity index (χ4n) is 2.42. The number of pyridine rings is 1. The van der Waals surface area contributed by atoms with Gasteiger partial charge in [0.25, 0.3) is 5.56 Å². The van der Waals surface area contributed by atoms with Gasteiger partial charge in [-0.15, -0.1) is 16.4 Å². The Morgan fingerprint density at radius 3 is 2.65 bits per heavy atom. The van der Waals surface area contributed by atoms with Crippen LogP contribution >= 0.6 is 11.3 Å². The van der Waals surface area contributed by atoms with Gasteiger partial charge in [-0.05, 0) is 43.3 Å². The molecular weight excluding hydrogens is 312 g/mol. The van der Waals surface area contributed by atoms with Crippen molar-refractivity contribution in [2.24, 2.45) is 0 Å². The summed E-state index contributed by atoms with van der Waals surface area (Å²) in [6.07, 6.45) is 0. The van der Waals surface area contributed by atoms with Gasteiger partial charge >= 0.3 is 0 Å². The van der Waals surface area contributed by atoms with Gasteiger partial charge in [0.05, 0.1) is 12.8 Å². The summed E-state index contributed by atoms with van der Waals surface area (Å²) in [5.74, 6) is 0.720. The van der Waals surface area contributed by atoms with Crippen LogP contribution in [0.25, 0.3) is 26.1 Å². The van der Waals surface area contributed by atoms with Crippen LogP contribution in [0.2, 0.25) is 0 Å². The van der Waals surface area contributed by atoms with Crippen molar-refractivity contribution in [2.75, 3.05) is 7.11 Å². The van der Waals surface area contributed by atoms with E-state index in [1.165, 1.54) is 16.0 Å². The van der Waals surface area contributed by atoms with Crippen LogP contribution in [0.3, 0.4) is 0 Å². The number of rotatable bonds is 2. The number of ether oxygens (including phenoxy) is 1. The van der Waals surface area contributed by atoms with Gasteiger partial charge in [-0.25, -0.2) is 4.98 Å². The molecule has 23 heavy (non-hydrogen) atoms. The predicted molar refractivity (Wildman–Crippen MR) is 89.6 cm³/mol. The quantitative estimate of drug-likeness (QED) is 0.567. The van der Waals surface area contributed by atoms with Crippen LogP contribution in [-0.4, -0.2) is 27.1 Å². The van der Waals surface area contributed by atoms with E-state index in [2.05, 4.69) is 15.3 Å². The molecule has 7 heteroatoms. The first-order chi connectivity index (χ1) is 11.2. The minimum absolute atomic E-state index is 0.194. The maximum Gasteiger partial charge on any atom is 0.292 e. The fraction of sp³-hybridized carbons (Fsp3) is 0.125. The van der Waals surface area contributed by atoms with Crippen LogP contribution in [0.15, 0.2) is 41.2 Å². The average molecular weight is 324 g/mol.